The molecule has 6 heteroatoms. The van der Waals surface area contributed by atoms with Crippen LogP contribution in [0.15, 0.2) is 34.9 Å². The molecular weight excluding hydrogens is 268 g/mol. The van der Waals surface area contributed by atoms with E-state index in [0.29, 0.717) is 35.2 Å². The lowest BCUT2D eigenvalue weighted by Gasteiger charge is -2.04. The highest BCUT2D eigenvalue weighted by Gasteiger charge is 2.08. The molecule has 100 valence electrons. The molecule has 0 radical (unpaired) electrons. The summed E-state index contributed by atoms with van der Waals surface area (Å²) in [5.74, 6) is 0.904. The van der Waals surface area contributed by atoms with Gasteiger partial charge in [0.2, 0.25) is 5.91 Å². The number of aryl methyl sites for hydroxylation is 1. The fourth-order valence-corrected chi connectivity index (χ4v) is 1.72. The summed E-state index contributed by atoms with van der Waals surface area (Å²) in [6.45, 7) is 0. The third-order valence-electron chi connectivity index (χ3n) is 2.45. The molecule has 1 aromatic carbocycles. The zero-order valence-electron chi connectivity index (χ0n) is 10.4. The number of nitrogens with one attached hydrogen (secondary N) is 1. The number of amides is 1. The van der Waals surface area contributed by atoms with Crippen molar-refractivity contribution in [3.8, 4) is 5.88 Å². The van der Waals surface area contributed by atoms with Crippen molar-refractivity contribution >= 4 is 23.2 Å². The number of nitrogens with zero attached hydrogens (tertiary/aromatic N) is 1. The summed E-state index contributed by atoms with van der Waals surface area (Å²) in [7, 11) is 1.51. The van der Waals surface area contributed by atoms with E-state index in [1.54, 1.807) is 30.3 Å². The van der Waals surface area contributed by atoms with Crippen LogP contribution in [0.2, 0.25) is 5.02 Å². The quantitative estimate of drug-likeness (QED) is 0.914. The van der Waals surface area contributed by atoms with Gasteiger partial charge in [-0.05, 0) is 23.4 Å². The molecule has 0 saturated carbocycles. The Morgan fingerprint density at radius 3 is 3.00 bits per heavy atom. The smallest absolute Gasteiger partial charge is 0.254 e. The van der Waals surface area contributed by atoms with Crippen molar-refractivity contribution in [1.29, 1.82) is 0 Å². The fraction of sp³-hybridized carbons (Fsp3) is 0.231. The van der Waals surface area contributed by atoms with Gasteiger partial charge in [-0.2, -0.15) is 0 Å². The molecule has 1 heterocycles. The van der Waals surface area contributed by atoms with Gasteiger partial charge in [0.15, 0.2) is 0 Å². The SMILES string of the molecule is COc1cc(CCC(=O)Nc2cccc(Cl)c2)on1. The van der Waals surface area contributed by atoms with Gasteiger partial charge in [-0.1, -0.05) is 17.7 Å². The Labute approximate surface area is 115 Å². The lowest BCUT2D eigenvalue weighted by molar-refractivity contribution is -0.116. The van der Waals surface area contributed by atoms with Crippen LogP contribution >= 0.6 is 11.6 Å². The summed E-state index contributed by atoms with van der Waals surface area (Å²) in [5, 5.41) is 7.00. The number of hydrogen-bond donors (Lipinski definition) is 1. The molecule has 0 bridgehead atoms. The maximum atomic E-state index is 11.7. The van der Waals surface area contributed by atoms with E-state index in [1.165, 1.54) is 7.11 Å². The number of benzene rings is 1. The molecule has 0 aliphatic rings. The number of ether oxygens (including phenoxy) is 1. The second-order valence-electron chi connectivity index (χ2n) is 3.89. The van der Waals surface area contributed by atoms with Gasteiger partial charge >= 0.3 is 0 Å². The van der Waals surface area contributed by atoms with Crippen molar-refractivity contribution in [2.75, 3.05) is 12.4 Å². The van der Waals surface area contributed by atoms with Crippen LogP contribution in [0.25, 0.3) is 0 Å². The zero-order chi connectivity index (χ0) is 13.7. The van der Waals surface area contributed by atoms with Crippen molar-refractivity contribution in [3.63, 3.8) is 0 Å². The van der Waals surface area contributed by atoms with Gasteiger partial charge in [0.1, 0.15) is 5.76 Å². The molecule has 0 spiro atoms. The molecule has 19 heavy (non-hydrogen) atoms. The van der Waals surface area contributed by atoms with Gasteiger partial charge in [-0.15, -0.1) is 0 Å². The highest BCUT2D eigenvalue weighted by Crippen LogP contribution is 2.16. The van der Waals surface area contributed by atoms with E-state index >= 15 is 0 Å². The number of halogens is 1. The first kappa shape index (κ1) is 13.4. The minimum atomic E-state index is -0.113. The average Bonchev–Trinajstić information content (AvgIpc) is 2.84. The second-order valence-corrected chi connectivity index (χ2v) is 4.33. The predicted octanol–water partition coefficient (Wildman–Crippen LogP) is 2.91. The molecule has 0 unspecified atom stereocenters. The van der Waals surface area contributed by atoms with Crippen LogP contribution in [0.1, 0.15) is 12.2 Å². The lowest BCUT2D eigenvalue weighted by Crippen LogP contribution is -2.12. The first-order valence-electron chi connectivity index (χ1n) is 5.72. The highest BCUT2D eigenvalue weighted by atomic mass is 35.5. The number of rotatable bonds is 5. The van der Waals surface area contributed by atoms with Gasteiger partial charge in [-0.25, -0.2) is 0 Å². The van der Waals surface area contributed by atoms with Crippen LogP contribution in [0.3, 0.4) is 0 Å². The van der Waals surface area contributed by atoms with Crippen LogP contribution in [-0.2, 0) is 11.2 Å². The third kappa shape index (κ3) is 3.99. The van der Waals surface area contributed by atoms with Crippen molar-refractivity contribution in [2.24, 2.45) is 0 Å². The fourth-order valence-electron chi connectivity index (χ4n) is 1.53. The van der Waals surface area contributed by atoms with Gasteiger partial charge < -0.3 is 14.6 Å². The number of carbonyl (C=O) groups excluding carboxylic acids is 1. The van der Waals surface area contributed by atoms with Crippen LogP contribution in [-0.4, -0.2) is 18.2 Å². The molecule has 1 amide bonds. The number of aromatic nitrogens is 1. The topological polar surface area (TPSA) is 64.4 Å². The van der Waals surface area contributed by atoms with E-state index in [2.05, 4.69) is 10.5 Å². The van der Waals surface area contributed by atoms with Crippen LogP contribution in [0.5, 0.6) is 5.88 Å². The second kappa shape index (κ2) is 6.24. The Morgan fingerprint density at radius 2 is 2.32 bits per heavy atom. The Balaban J connectivity index is 1.84. The standard InChI is InChI=1S/C13H13ClN2O3/c1-18-13-8-11(19-16-13)5-6-12(17)15-10-4-2-3-9(14)7-10/h2-4,7-8H,5-6H2,1H3,(H,15,17). The largest absolute Gasteiger partial charge is 0.479 e. The molecule has 2 rings (SSSR count). The van der Waals surface area contributed by atoms with Crippen molar-refractivity contribution in [3.05, 3.63) is 41.1 Å². The number of hydrogen-bond acceptors (Lipinski definition) is 4. The molecule has 0 aliphatic carbocycles. The van der Waals surface area contributed by atoms with E-state index in [0.717, 1.165) is 0 Å². The molecule has 2 aromatic rings. The summed E-state index contributed by atoms with van der Waals surface area (Å²) >= 11 is 5.83. The van der Waals surface area contributed by atoms with E-state index in [9.17, 15) is 4.79 Å². The van der Waals surface area contributed by atoms with Crippen LogP contribution in [0, 0.1) is 0 Å². The summed E-state index contributed by atoms with van der Waals surface area (Å²) in [6.07, 6.45) is 0.758. The number of methoxy groups -OCH3 is 1. The van der Waals surface area contributed by atoms with Crippen LogP contribution in [0.4, 0.5) is 5.69 Å². The molecule has 0 saturated heterocycles. The molecule has 0 atom stereocenters. The molecule has 0 aliphatic heterocycles. The monoisotopic (exact) mass is 280 g/mol. The summed E-state index contributed by atoms with van der Waals surface area (Å²) in [4.78, 5) is 11.7. The maximum absolute atomic E-state index is 11.7. The molecule has 5 nitrogen and oxygen atoms in total. The molecular formula is C13H13ClN2O3. The van der Waals surface area contributed by atoms with Crippen molar-refractivity contribution in [1.82, 2.24) is 5.16 Å². The van der Waals surface area contributed by atoms with Crippen LogP contribution < -0.4 is 10.1 Å². The summed E-state index contributed by atoms with van der Waals surface area (Å²) in [6, 6.07) is 8.65. The van der Waals surface area contributed by atoms with E-state index in [1.807, 2.05) is 0 Å². The van der Waals surface area contributed by atoms with Crippen molar-refractivity contribution < 1.29 is 14.1 Å². The number of carbonyl (C=O) groups is 1. The summed E-state index contributed by atoms with van der Waals surface area (Å²) < 4.78 is 9.89. The van der Waals surface area contributed by atoms with Gasteiger partial charge in [-0.3, -0.25) is 4.79 Å². The minimum Gasteiger partial charge on any atom is -0.479 e. The van der Waals surface area contributed by atoms with E-state index in [-0.39, 0.29) is 5.91 Å². The Morgan fingerprint density at radius 1 is 1.47 bits per heavy atom. The Hall–Kier alpha value is -2.01. The summed E-state index contributed by atoms with van der Waals surface area (Å²) in [5.41, 5.74) is 0.674. The molecule has 1 N–H and O–H groups in total. The molecule has 1 aromatic heterocycles. The number of anilines is 1. The first-order valence-corrected chi connectivity index (χ1v) is 6.10. The first-order chi connectivity index (χ1) is 9.17. The average molecular weight is 281 g/mol. The zero-order valence-corrected chi connectivity index (χ0v) is 11.1. The van der Waals surface area contributed by atoms with E-state index < -0.39 is 0 Å². The Kier molecular flexibility index (Phi) is 4.41. The van der Waals surface area contributed by atoms with Gasteiger partial charge in [0.05, 0.1) is 7.11 Å². The van der Waals surface area contributed by atoms with E-state index in [4.69, 9.17) is 20.9 Å². The normalized spacial score (nSPS) is 10.2. The van der Waals surface area contributed by atoms with Crippen molar-refractivity contribution in [2.45, 2.75) is 12.8 Å². The predicted molar refractivity (Wildman–Crippen MR) is 71.5 cm³/mol. The maximum Gasteiger partial charge on any atom is 0.254 e. The Bertz CT molecular complexity index is 569. The molecule has 0 fully saturated rings. The minimum absolute atomic E-state index is 0.113. The third-order valence-corrected chi connectivity index (χ3v) is 2.69. The van der Waals surface area contributed by atoms with Gasteiger partial charge in [0.25, 0.3) is 5.88 Å². The van der Waals surface area contributed by atoms with Gasteiger partial charge in [0, 0.05) is 29.6 Å². The lowest BCUT2D eigenvalue weighted by atomic mass is 10.2. The highest BCUT2D eigenvalue weighted by molar-refractivity contribution is 6.30.